The zero-order valence-electron chi connectivity index (χ0n) is 14.1. The third-order valence-corrected chi connectivity index (χ3v) is 5.44. The first-order valence-electron chi connectivity index (χ1n) is 8.16. The fraction of sp³-hybridized carbons (Fsp3) is 0.200. The molecule has 3 aromatic rings. The summed E-state index contributed by atoms with van der Waals surface area (Å²) in [4.78, 5) is 13.4. The molecule has 0 radical (unpaired) electrons. The molecule has 4 nitrogen and oxygen atoms in total. The average Bonchev–Trinajstić information content (AvgIpc) is 3.30. The molecule has 1 aromatic heterocycles. The summed E-state index contributed by atoms with van der Waals surface area (Å²) in [5, 5.41) is 10.5. The molecule has 0 fully saturated rings. The van der Waals surface area contributed by atoms with E-state index >= 15 is 0 Å². The van der Waals surface area contributed by atoms with E-state index in [4.69, 9.17) is 4.74 Å². The van der Waals surface area contributed by atoms with Crippen LogP contribution in [0.25, 0.3) is 10.8 Å². The Kier molecular flexibility index (Phi) is 4.01. The first-order valence-corrected chi connectivity index (χ1v) is 9.04. The molecule has 1 unspecified atom stereocenters. The van der Waals surface area contributed by atoms with Crippen LogP contribution in [-0.4, -0.2) is 23.7 Å². The summed E-state index contributed by atoms with van der Waals surface area (Å²) in [5.74, 6) is 0.726. The van der Waals surface area contributed by atoms with Crippen molar-refractivity contribution in [2.75, 3.05) is 7.11 Å². The number of carbonyl (C=O) groups is 1. The number of nitrogens with zero attached hydrogens (tertiary/aromatic N) is 2. The van der Waals surface area contributed by atoms with Crippen LogP contribution in [0.3, 0.4) is 0 Å². The lowest BCUT2D eigenvalue weighted by molar-refractivity contribution is -0.130. The van der Waals surface area contributed by atoms with Crippen LogP contribution in [0.2, 0.25) is 0 Å². The van der Waals surface area contributed by atoms with Gasteiger partial charge in [0.1, 0.15) is 5.75 Å². The molecule has 2 aromatic carbocycles. The van der Waals surface area contributed by atoms with Crippen molar-refractivity contribution >= 4 is 33.7 Å². The van der Waals surface area contributed by atoms with Gasteiger partial charge in [0, 0.05) is 18.9 Å². The van der Waals surface area contributed by atoms with E-state index in [1.54, 1.807) is 30.4 Å². The minimum Gasteiger partial charge on any atom is -0.496 e. The van der Waals surface area contributed by atoms with E-state index in [1.165, 1.54) is 0 Å². The van der Waals surface area contributed by atoms with Crippen molar-refractivity contribution in [2.24, 2.45) is 5.10 Å². The van der Waals surface area contributed by atoms with Gasteiger partial charge in [-0.15, -0.1) is 11.3 Å². The fourth-order valence-electron chi connectivity index (χ4n) is 3.41. The maximum Gasteiger partial charge on any atom is 0.240 e. The molecule has 2 heterocycles. The predicted molar refractivity (Wildman–Crippen MR) is 101 cm³/mol. The highest BCUT2D eigenvalue weighted by Gasteiger charge is 2.34. The maximum atomic E-state index is 12.3. The minimum atomic E-state index is -0.157. The quantitative estimate of drug-likeness (QED) is 0.692. The number of benzene rings is 2. The largest absolute Gasteiger partial charge is 0.496 e. The van der Waals surface area contributed by atoms with E-state index in [9.17, 15) is 4.79 Å². The average molecular weight is 350 g/mol. The van der Waals surface area contributed by atoms with Crippen LogP contribution in [0.5, 0.6) is 5.75 Å². The number of thiophene rings is 1. The van der Waals surface area contributed by atoms with Gasteiger partial charge in [0.05, 0.1) is 23.7 Å². The van der Waals surface area contributed by atoms with Gasteiger partial charge in [-0.05, 0) is 28.3 Å². The molecule has 0 aliphatic carbocycles. The number of rotatable bonds is 3. The number of carbonyl (C=O) groups excluding carboxylic acids is 1. The minimum absolute atomic E-state index is 0.0634. The second-order valence-electron chi connectivity index (χ2n) is 6.01. The normalized spacial score (nSPS) is 17.0. The Morgan fingerprint density at radius 3 is 2.76 bits per heavy atom. The molecule has 1 amide bonds. The summed E-state index contributed by atoms with van der Waals surface area (Å²) >= 11 is 1.64. The first kappa shape index (κ1) is 15.8. The molecule has 1 atom stereocenters. The van der Waals surface area contributed by atoms with Crippen LogP contribution in [0.1, 0.15) is 29.8 Å². The van der Waals surface area contributed by atoms with Crippen LogP contribution in [-0.2, 0) is 4.79 Å². The van der Waals surface area contributed by atoms with E-state index in [1.807, 2.05) is 41.8 Å². The van der Waals surface area contributed by atoms with Gasteiger partial charge < -0.3 is 4.74 Å². The second-order valence-corrected chi connectivity index (χ2v) is 6.96. The summed E-state index contributed by atoms with van der Waals surface area (Å²) in [5.41, 5.74) is 1.97. The highest BCUT2D eigenvalue weighted by molar-refractivity contribution is 7.12. The summed E-state index contributed by atoms with van der Waals surface area (Å²) < 4.78 is 5.63. The Morgan fingerprint density at radius 2 is 2.04 bits per heavy atom. The molecule has 1 aliphatic heterocycles. The van der Waals surface area contributed by atoms with Crippen molar-refractivity contribution in [3.63, 3.8) is 0 Å². The number of fused-ring (bicyclic) bond motifs is 1. The molecule has 1 aliphatic rings. The molecule has 0 N–H and O–H groups in total. The van der Waals surface area contributed by atoms with Crippen molar-refractivity contribution in [2.45, 2.75) is 19.4 Å². The van der Waals surface area contributed by atoms with E-state index in [2.05, 4.69) is 17.2 Å². The Hall–Kier alpha value is -2.66. The lowest BCUT2D eigenvalue weighted by atomic mass is 9.94. The molecular weight excluding hydrogens is 332 g/mol. The van der Waals surface area contributed by atoms with Gasteiger partial charge in [0.15, 0.2) is 0 Å². The van der Waals surface area contributed by atoms with Gasteiger partial charge in [-0.3, -0.25) is 4.79 Å². The highest BCUT2D eigenvalue weighted by Crippen LogP contribution is 2.41. The smallest absolute Gasteiger partial charge is 0.240 e. The van der Waals surface area contributed by atoms with Crippen LogP contribution in [0, 0.1) is 0 Å². The van der Waals surface area contributed by atoms with Crippen LogP contribution in [0.4, 0.5) is 0 Å². The number of hydrogen-bond acceptors (Lipinski definition) is 4. The van der Waals surface area contributed by atoms with Crippen LogP contribution >= 0.6 is 11.3 Å². The van der Waals surface area contributed by atoms with Crippen LogP contribution in [0.15, 0.2) is 59.0 Å². The number of methoxy groups -OCH3 is 1. The van der Waals surface area contributed by atoms with Crippen LogP contribution < -0.4 is 4.74 Å². The van der Waals surface area contributed by atoms with Gasteiger partial charge in [0.2, 0.25) is 5.91 Å². The molecular formula is C20H18N2O2S. The Bertz CT molecular complexity index is 963. The molecule has 126 valence electrons. The van der Waals surface area contributed by atoms with Crippen molar-refractivity contribution in [3.05, 3.63) is 64.4 Å². The summed E-state index contributed by atoms with van der Waals surface area (Å²) in [7, 11) is 1.67. The number of amides is 1. The van der Waals surface area contributed by atoms with E-state index in [0.29, 0.717) is 6.42 Å². The van der Waals surface area contributed by atoms with Crippen molar-refractivity contribution in [1.29, 1.82) is 0 Å². The monoisotopic (exact) mass is 350 g/mol. The fourth-order valence-corrected chi connectivity index (χ4v) is 4.14. The van der Waals surface area contributed by atoms with E-state index in [-0.39, 0.29) is 11.9 Å². The SMILES string of the molecule is COc1ccc2ccccc2c1C1CC(c2cccs2)=NN1C(C)=O. The molecule has 0 saturated carbocycles. The van der Waals surface area contributed by atoms with E-state index < -0.39 is 0 Å². The molecule has 0 bridgehead atoms. The predicted octanol–water partition coefficient (Wildman–Crippen LogP) is 4.61. The Morgan fingerprint density at radius 1 is 1.20 bits per heavy atom. The third-order valence-electron chi connectivity index (χ3n) is 4.52. The Labute approximate surface area is 150 Å². The maximum absolute atomic E-state index is 12.3. The first-order chi connectivity index (χ1) is 12.2. The number of hydrazone groups is 1. The van der Waals surface area contributed by atoms with Gasteiger partial charge in [-0.25, -0.2) is 5.01 Å². The Balaban J connectivity index is 1.86. The molecule has 0 spiro atoms. The summed E-state index contributed by atoms with van der Waals surface area (Å²) in [6.45, 7) is 1.56. The highest BCUT2D eigenvalue weighted by atomic mass is 32.1. The van der Waals surface area contributed by atoms with Gasteiger partial charge in [-0.1, -0.05) is 36.4 Å². The van der Waals surface area contributed by atoms with Crippen molar-refractivity contribution < 1.29 is 9.53 Å². The van der Waals surface area contributed by atoms with Crippen molar-refractivity contribution in [1.82, 2.24) is 5.01 Å². The molecule has 4 rings (SSSR count). The molecule has 0 saturated heterocycles. The van der Waals surface area contributed by atoms with Gasteiger partial charge in [0.25, 0.3) is 0 Å². The topological polar surface area (TPSA) is 41.9 Å². The number of hydrogen-bond donors (Lipinski definition) is 0. The molecule has 5 heteroatoms. The van der Waals surface area contributed by atoms with Gasteiger partial charge >= 0.3 is 0 Å². The zero-order chi connectivity index (χ0) is 17.4. The standard InChI is InChI=1S/C20H18N2O2S/c1-13(23)22-17(12-16(21-22)19-8-5-11-25-19)20-15-7-4-3-6-14(15)9-10-18(20)24-2/h3-11,17H,12H2,1-2H3. The third kappa shape index (κ3) is 2.70. The molecule has 25 heavy (non-hydrogen) atoms. The zero-order valence-corrected chi connectivity index (χ0v) is 14.9. The lowest BCUT2D eigenvalue weighted by Gasteiger charge is -2.24. The second kappa shape index (κ2) is 6.33. The summed E-state index contributed by atoms with van der Waals surface area (Å²) in [6.07, 6.45) is 0.685. The van der Waals surface area contributed by atoms with E-state index in [0.717, 1.165) is 32.7 Å². The lowest BCUT2D eigenvalue weighted by Crippen LogP contribution is -2.25. The van der Waals surface area contributed by atoms with Crippen molar-refractivity contribution in [3.8, 4) is 5.75 Å². The summed E-state index contributed by atoms with van der Waals surface area (Å²) in [6, 6.07) is 16.1. The number of ether oxygens (including phenoxy) is 1. The van der Waals surface area contributed by atoms with Gasteiger partial charge in [-0.2, -0.15) is 5.10 Å².